The Morgan fingerprint density at radius 3 is 2.42 bits per heavy atom. The van der Waals surface area contributed by atoms with E-state index in [1.807, 2.05) is 45.0 Å². The van der Waals surface area contributed by atoms with Crippen LogP contribution >= 0.6 is 0 Å². The van der Waals surface area contributed by atoms with Crippen LogP contribution < -0.4 is 10.1 Å². The Morgan fingerprint density at radius 1 is 1.08 bits per heavy atom. The third-order valence-electron chi connectivity index (χ3n) is 4.18. The van der Waals surface area contributed by atoms with Crippen molar-refractivity contribution in [3.05, 3.63) is 64.7 Å². The van der Waals surface area contributed by atoms with Gasteiger partial charge in [-0.15, -0.1) is 0 Å². The number of carbonyl (C=O) groups excluding carboxylic acids is 1. The number of benzene rings is 2. The summed E-state index contributed by atoms with van der Waals surface area (Å²) in [5.74, 6) is 0.655. The van der Waals surface area contributed by atoms with Gasteiger partial charge in [0.1, 0.15) is 5.75 Å². The van der Waals surface area contributed by atoms with Gasteiger partial charge in [-0.25, -0.2) is 0 Å². The molecule has 0 radical (unpaired) electrons. The van der Waals surface area contributed by atoms with Gasteiger partial charge in [0.15, 0.2) is 6.10 Å². The van der Waals surface area contributed by atoms with E-state index in [2.05, 4.69) is 37.4 Å². The van der Waals surface area contributed by atoms with Gasteiger partial charge in [-0.3, -0.25) is 4.79 Å². The number of carbonyl (C=O) groups is 1. The van der Waals surface area contributed by atoms with Gasteiger partial charge in [-0.1, -0.05) is 42.8 Å². The maximum Gasteiger partial charge on any atom is 0.261 e. The summed E-state index contributed by atoms with van der Waals surface area (Å²) in [6, 6.07) is 14.0. The number of hydrogen-bond donors (Lipinski definition) is 1. The molecular formula is C21H27NO2. The van der Waals surface area contributed by atoms with Crippen molar-refractivity contribution in [2.24, 2.45) is 0 Å². The summed E-state index contributed by atoms with van der Waals surface area (Å²) in [7, 11) is 0. The van der Waals surface area contributed by atoms with Crippen molar-refractivity contribution in [1.29, 1.82) is 0 Å². The molecule has 0 fully saturated rings. The summed E-state index contributed by atoms with van der Waals surface area (Å²) in [4.78, 5) is 12.6. The van der Waals surface area contributed by atoms with Gasteiger partial charge in [0.25, 0.3) is 5.91 Å². The lowest BCUT2D eigenvalue weighted by molar-refractivity contribution is -0.128. The molecular weight excluding hydrogens is 298 g/mol. The third kappa shape index (κ3) is 4.60. The van der Waals surface area contributed by atoms with E-state index < -0.39 is 6.10 Å². The maximum atomic E-state index is 12.6. The first-order valence-electron chi connectivity index (χ1n) is 8.51. The van der Waals surface area contributed by atoms with Crippen molar-refractivity contribution in [3.8, 4) is 5.75 Å². The molecule has 2 aromatic rings. The Labute approximate surface area is 145 Å². The highest BCUT2D eigenvalue weighted by atomic mass is 16.5. The minimum absolute atomic E-state index is 0.0479. The molecule has 0 aromatic heterocycles. The first-order valence-corrected chi connectivity index (χ1v) is 8.51. The van der Waals surface area contributed by atoms with Gasteiger partial charge >= 0.3 is 0 Å². The Bertz CT molecular complexity index is 709. The fraction of sp³-hybridized carbons (Fsp3) is 0.381. The molecule has 0 aliphatic heterocycles. The van der Waals surface area contributed by atoms with Gasteiger partial charge in [-0.05, 0) is 62.9 Å². The van der Waals surface area contributed by atoms with Crippen LogP contribution in [0.15, 0.2) is 42.5 Å². The molecule has 128 valence electrons. The normalized spacial score (nSPS) is 13.2. The topological polar surface area (TPSA) is 38.3 Å². The summed E-state index contributed by atoms with van der Waals surface area (Å²) in [5.41, 5.74) is 4.67. The average molecular weight is 325 g/mol. The van der Waals surface area contributed by atoms with Gasteiger partial charge in [0.05, 0.1) is 6.04 Å². The lowest BCUT2D eigenvalue weighted by Crippen LogP contribution is -2.39. The largest absolute Gasteiger partial charge is 0.481 e. The molecule has 2 atom stereocenters. The highest BCUT2D eigenvalue weighted by Crippen LogP contribution is 2.20. The number of ether oxygens (including phenoxy) is 1. The Balaban J connectivity index is 2.05. The Morgan fingerprint density at radius 2 is 1.79 bits per heavy atom. The number of amides is 1. The van der Waals surface area contributed by atoms with Crippen molar-refractivity contribution < 1.29 is 9.53 Å². The SMILES string of the molecule is CC[C@H](Oc1cccc(C)c1)C(=O)N[C@H](C)c1ccc(C)cc1C. The van der Waals surface area contributed by atoms with Crippen LogP contribution in [0, 0.1) is 20.8 Å². The summed E-state index contributed by atoms with van der Waals surface area (Å²) in [6.45, 7) is 10.1. The van der Waals surface area contributed by atoms with E-state index in [-0.39, 0.29) is 11.9 Å². The molecule has 1 amide bonds. The first kappa shape index (κ1) is 18.1. The molecule has 0 spiro atoms. The monoisotopic (exact) mass is 325 g/mol. The molecule has 0 saturated carbocycles. The fourth-order valence-corrected chi connectivity index (χ4v) is 2.87. The lowest BCUT2D eigenvalue weighted by atomic mass is 10.00. The van der Waals surface area contributed by atoms with Crippen LogP contribution in [0.3, 0.4) is 0 Å². The van der Waals surface area contributed by atoms with Crippen LogP contribution in [0.1, 0.15) is 48.6 Å². The lowest BCUT2D eigenvalue weighted by Gasteiger charge is -2.22. The van der Waals surface area contributed by atoms with Crippen molar-refractivity contribution in [2.45, 2.75) is 53.2 Å². The number of hydrogen-bond acceptors (Lipinski definition) is 2. The fourth-order valence-electron chi connectivity index (χ4n) is 2.87. The van der Waals surface area contributed by atoms with Crippen LogP contribution in [0.2, 0.25) is 0 Å². The van der Waals surface area contributed by atoms with E-state index in [0.717, 1.165) is 16.9 Å². The predicted octanol–water partition coefficient (Wildman–Crippen LogP) is 4.65. The van der Waals surface area contributed by atoms with Crippen LogP contribution in [-0.2, 0) is 4.79 Å². The standard InChI is InChI=1S/C21H27NO2/c1-6-20(24-18-9-7-8-14(2)13-18)21(23)22-17(5)19-11-10-15(3)12-16(19)4/h7-13,17,20H,6H2,1-5H3,(H,22,23)/t17-,20+/m1/s1. The zero-order valence-corrected chi connectivity index (χ0v) is 15.2. The molecule has 24 heavy (non-hydrogen) atoms. The molecule has 0 saturated heterocycles. The molecule has 0 unspecified atom stereocenters. The van der Waals surface area contributed by atoms with Crippen LogP contribution in [0.25, 0.3) is 0 Å². The van der Waals surface area contributed by atoms with Crippen molar-refractivity contribution in [1.82, 2.24) is 5.32 Å². The summed E-state index contributed by atoms with van der Waals surface area (Å²) in [6.07, 6.45) is 0.138. The van der Waals surface area contributed by atoms with Crippen molar-refractivity contribution in [2.75, 3.05) is 0 Å². The molecule has 0 aliphatic carbocycles. The molecule has 3 heteroatoms. The van der Waals surface area contributed by atoms with Gasteiger partial charge < -0.3 is 10.1 Å². The van der Waals surface area contributed by atoms with Gasteiger partial charge in [0, 0.05) is 0 Å². The Kier molecular flexibility index (Phi) is 6.02. The molecule has 0 aliphatic rings. The van der Waals surface area contributed by atoms with Gasteiger partial charge in [-0.2, -0.15) is 0 Å². The van der Waals surface area contributed by atoms with Crippen molar-refractivity contribution in [3.63, 3.8) is 0 Å². The maximum absolute atomic E-state index is 12.6. The quantitative estimate of drug-likeness (QED) is 0.840. The zero-order valence-electron chi connectivity index (χ0n) is 15.2. The second-order valence-electron chi connectivity index (χ2n) is 6.42. The molecule has 1 N–H and O–H groups in total. The number of aryl methyl sites for hydroxylation is 3. The molecule has 3 nitrogen and oxygen atoms in total. The third-order valence-corrected chi connectivity index (χ3v) is 4.18. The minimum Gasteiger partial charge on any atom is -0.481 e. The van der Waals surface area contributed by atoms with Crippen molar-refractivity contribution >= 4 is 5.91 Å². The minimum atomic E-state index is -0.486. The smallest absolute Gasteiger partial charge is 0.261 e. The van der Waals surface area contributed by atoms with E-state index in [9.17, 15) is 4.79 Å². The summed E-state index contributed by atoms with van der Waals surface area (Å²) < 4.78 is 5.88. The van der Waals surface area contributed by atoms with Crippen LogP contribution in [-0.4, -0.2) is 12.0 Å². The average Bonchev–Trinajstić information content (AvgIpc) is 2.52. The predicted molar refractivity (Wildman–Crippen MR) is 98.4 cm³/mol. The van der Waals surface area contributed by atoms with E-state index in [0.29, 0.717) is 6.42 Å². The number of rotatable bonds is 6. The second-order valence-corrected chi connectivity index (χ2v) is 6.42. The second kappa shape index (κ2) is 8.00. The first-order chi connectivity index (χ1) is 11.4. The van der Waals surface area contributed by atoms with E-state index in [1.165, 1.54) is 11.1 Å². The van der Waals surface area contributed by atoms with E-state index in [4.69, 9.17) is 4.74 Å². The van der Waals surface area contributed by atoms with Gasteiger partial charge in [0.2, 0.25) is 0 Å². The zero-order chi connectivity index (χ0) is 17.7. The highest BCUT2D eigenvalue weighted by Gasteiger charge is 2.21. The Hall–Kier alpha value is -2.29. The van der Waals surface area contributed by atoms with Crippen LogP contribution in [0.4, 0.5) is 0 Å². The van der Waals surface area contributed by atoms with E-state index >= 15 is 0 Å². The summed E-state index contributed by atoms with van der Waals surface area (Å²) >= 11 is 0. The molecule has 2 rings (SSSR count). The molecule has 0 heterocycles. The number of nitrogens with one attached hydrogen (secondary N) is 1. The van der Waals surface area contributed by atoms with E-state index in [1.54, 1.807) is 0 Å². The molecule has 0 bridgehead atoms. The highest BCUT2D eigenvalue weighted by molar-refractivity contribution is 5.81. The summed E-state index contributed by atoms with van der Waals surface area (Å²) in [5, 5.41) is 3.08. The van der Waals surface area contributed by atoms with Crippen LogP contribution in [0.5, 0.6) is 5.75 Å². The molecule has 2 aromatic carbocycles.